The van der Waals surface area contributed by atoms with Crippen LogP contribution in [0, 0.1) is 11.3 Å². The minimum atomic E-state index is -0.162. The van der Waals surface area contributed by atoms with Crippen molar-refractivity contribution in [3.05, 3.63) is 29.8 Å². The topological polar surface area (TPSA) is 64.9 Å². The Labute approximate surface area is 101 Å². The van der Waals surface area contributed by atoms with Crippen LogP contribution in [0.25, 0.3) is 0 Å². The van der Waals surface area contributed by atoms with E-state index in [2.05, 4.69) is 16.7 Å². The van der Waals surface area contributed by atoms with E-state index in [1.165, 1.54) is 0 Å². The third kappa shape index (κ3) is 2.97. The summed E-state index contributed by atoms with van der Waals surface area (Å²) < 4.78 is 0. The number of rotatable bonds is 2. The summed E-state index contributed by atoms with van der Waals surface area (Å²) in [6.45, 7) is 0.768. The van der Waals surface area contributed by atoms with Gasteiger partial charge in [-0.3, -0.25) is 4.79 Å². The molecule has 1 heterocycles. The van der Waals surface area contributed by atoms with E-state index >= 15 is 0 Å². The molecule has 1 saturated heterocycles. The highest BCUT2D eigenvalue weighted by molar-refractivity contribution is 5.84. The van der Waals surface area contributed by atoms with Crippen LogP contribution < -0.4 is 10.6 Å². The van der Waals surface area contributed by atoms with E-state index in [0.29, 0.717) is 5.56 Å². The lowest BCUT2D eigenvalue weighted by molar-refractivity contribution is -0.121. The molecule has 0 spiro atoms. The predicted molar refractivity (Wildman–Crippen MR) is 65.4 cm³/mol. The molecule has 1 atom stereocenters. The van der Waals surface area contributed by atoms with Gasteiger partial charge in [-0.2, -0.15) is 5.26 Å². The van der Waals surface area contributed by atoms with Gasteiger partial charge in [0.05, 0.1) is 11.6 Å². The van der Waals surface area contributed by atoms with Gasteiger partial charge in [0.15, 0.2) is 0 Å². The van der Waals surface area contributed by atoms with Crippen LogP contribution in [0.5, 0.6) is 0 Å². The second-order valence-corrected chi connectivity index (χ2v) is 4.17. The summed E-state index contributed by atoms with van der Waals surface area (Å²) in [6.07, 6.45) is 2.94. The third-order valence-corrected chi connectivity index (χ3v) is 2.89. The van der Waals surface area contributed by atoms with Crippen LogP contribution in [0.4, 0.5) is 5.69 Å². The molecule has 17 heavy (non-hydrogen) atoms. The predicted octanol–water partition coefficient (Wildman–Crippen LogP) is 1.64. The van der Waals surface area contributed by atoms with Gasteiger partial charge in [-0.05, 0) is 43.5 Å². The van der Waals surface area contributed by atoms with E-state index in [4.69, 9.17) is 5.26 Å². The van der Waals surface area contributed by atoms with E-state index in [1.807, 2.05) is 12.1 Å². The molecule has 0 bridgehead atoms. The molecular formula is C13H15N3O. The highest BCUT2D eigenvalue weighted by Gasteiger charge is 2.19. The molecule has 1 aliphatic heterocycles. The Balaban J connectivity index is 2.03. The van der Waals surface area contributed by atoms with Crippen LogP contribution in [-0.4, -0.2) is 18.5 Å². The molecule has 1 aromatic rings. The average Bonchev–Trinajstić information content (AvgIpc) is 2.56. The van der Waals surface area contributed by atoms with Crippen LogP contribution in [0.3, 0.4) is 0 Å². The number of amides is 1. The summed E-state index contributed by atoms with van der Waals surface area (Å²) in [5.41, 5.74) is 1.51. The van der Waals surface area contributed by atoms with Crippen molar-refractivity contribution < 1.29 is 4.79 Å². The van der Waals surface area contributed by atoms with Gasteiger partial charge in [0.1, 0.15) is 6.04 Å². The van der Waals surface area contributed by atoms with Crippen molar-refractivity contribution in [1.29, 1.82) is 5.26 Å². The number of nitrogens with zero attached hydrogens (tertiary/aromatic N) is 1. The van der Waals surface area contributed by atoms with E-state index in [-0.39, 0.29) is 11.9 Å². The number of benzene rings is 1. The van der Waals surface area contributed by atoms with Gasteiger partial charge in [-0.25, -0.2) is 0 Å². The van der Waals surface area contributed by atoms with Gasteiger partial charge in [0.2, 0.25) is 5.91 Å². The summed E-state index contributed by atoms with van der Waals surface area (Å²) in [6, 6.07) is 9.06. The largest absolute Gasteiger partial charge is 0.374 e. The van der Waals surface area contributed by atoms with Crippen LogP contribution in [0.1, 0.15) is 24.8 Å². The maximum atomic E-state index is 11.7. The van der Waals surface area contributed by atoms with Crippen molar-refractivity contribution in [1.82, 2.24) is 5.32 Å². The van der Waals surface area contributed by atoms with Crippen LogP contribution in [-0.2, 0) is 4.79 Å². The van der Waals surface area contributed by atoms with Gasteiger partial charge in [0, 0.05) is 12.2 Å². The van der Waals surface area contributed by atoms with Crippen molar-refractivity contribution in [3.8, 4) is 6.07 Å². The molecule has 0 radical (unpaired) electrons. The zero-order valence-electron chi connectivity index (χ0n) is 9.57. The maximum Gasteiger partial charge on any atom is 0.242 e. The second-order valence-electron chi connectivity index (χ2n) is 4.17. The Morgan fingerprint density at radius 3 is 2.76 bits per heavy atom. The Bertz CT molecular complexity index is 433. The van der Waals surface area contributed by atoms with Gasteiger partial charge in [-0.1, -0.05) is 0 Å². The zero-order chi connectivity index (χ0) is 12.1. The molecule has 1 aromatic carbocycles. The van der Waals surface area contributed by atoms with Crippen molar-refractivity contribution in [2.75, 3.05) is 11.9 Å². The molecular weight excluding hydrogens is 214 g/mol. The monoisotopic (exact) mass is 229 g/mol. The summed E-state index contributed by atoms with van der Waals surface area (Å²) in [7, 11) is 0. The van der Waals surface area contributed by atoms with E-state index < -0.39 is 0 Å². The first kappa shape index (κ1) is 11.5. The smallest absolute Gasteiger partial charge is 0.242 e. The molecule has 2 rings (SSSR count). The second kappa shape index (κ2) is 5.35. The maximum absolute atomic E-state index is 11.7. The quantitative estimate of drug-likeness (QED) is 0.810. The number of nitrogens with one attached hydrogen (secondary N) is 2. The van der Waals surface area contributed by atoms with Crippen molar-refractivity contribution in [2.45, 2.75) is 25.3 Å². The molecule has 4 heteroatoms. The van der Waals surface area contributed by atoms with E-state index in [9.17, 15) is 4.79 Å². The summed E-state index contributed by atoms with van der Waals surface area (Å²) >= 11 is 0. The van der Waals surface area contributed by atoms with Crippen molar-refractivity contribution >= 4 is 11.6 Å². The molecule has 1 unspecified atom stereocenters. The fourth-order valence-electron chi connectivity index (χ4n) is 1.92. The van der Waals surface area contributed by atoms with Crippen molar-refractivity contribution in [2.24, 2.45) is 0 Å². The minimum absolute atomic E-state index is 0.0619. The zero-order valence-corrected chi connectivity index (χ0v) is 9.57. The summed E-state index contributed by atoms with van der Waals surface area (Å²) in [5, 5.41) is 14.8. The van der Waals surface area contributed by atoms with E-state index in [0.717, 1.165) is 31.5 Å². The minimum Gasteiger partial charge on any atom is -0.374 e. The Hall–Kier alpha value is -2.02. The van der Waals surface area contributed by atoms with Gasteiger partial charge in [0.25, 0.3) is 0 Å². The van der Waals surface area contributed by atoms with Gasteiger partial charge >= 0.3 is 0 Å². The first-order valence-electron chi connectivity index (χ1n) is 5.84. The van der Waals surface area contributed by atoms with Crippen LogP contribution in [0.2, 0.25) is 0 Å². The molecule has 2 N–H and O–H groups in total. The molecule has 0 aromatic heterocycles. The Morgan fingerprint density at radius 2 is 2.06 bits per heavy atom. The highest BCUT2D eigenvalue weighted by atomic mass is 16.2. The fourth-order valence-corrected chi connectivity index (χ4v) is 1.92. The van der Waals surface area contributed by atoms with Crippen molar-refractivity contribution in [3.63, 3.8) is 0 Å². The van der Waals surface area contributed by atoms with Gasteiger partial charge in [-0.15, -0.1) is 0 Å². The number of hydrogen-bond acceptors (Lipinski definition) is 3. The van der Waals surface area contributed by atoms with Crippen LogP contribution in [0.15, 0.2) is 24.3 Å². The molecule has 0 aliphatic carbocycles. The Morgan fingerprint density at radius 1 is 1.29 bits per heavy atom. The standard InChI is InChI=1S/C13H15N3O/c14-9-10-4-6-11(7-5-10)16-12-3-1-2-8-15-13(12)17/h4-7,12,16H,1-3,8H2,(H,15,17). The molecule has 4 nitrogen and oxygen atoms in total. The third-order valence-electron chi connectivity index (χ3n) is 2.89. The number of carbonyl (C=O) groups excluding carboxylic acids is 1. The molecule has 88 valence electrons. The van der Waals surface area contributed by atoms with Crippen LogP contribution >= 0.6 is 0 Å². The lowest BCUT2D eigenvalue weighted by Gasteiger charge is -2.16. The first-order chi connectivity index (χ1) is 8.29. The first-order valence-corrected chi connectivity index (χ1v) is 5.84. The number of anilines is 1. The molecule has 1 amide bonds. The normalized spacial score (nSPS) is 19.9. The van der Waals surface area contributed by atoms with E-state index in [1.54, 1.807) is 12.1 Å². The number of carbonyl (C=O) groups is 1. The summed E-state index contributed by atoms with van der Waals surface area (Å²) in [4.78, 5) is 11.7. The fraction of sp³-hybridized carbons (Fsp3) is 0.385. The highest BCUT2D eigenvalue weighted by Crippen LogP contribution is 2.14. The molecule has 1 aliphatic rings. The van der Waals surface area contributed by atoms with Gasteiger partial charge < -0.3 is 10.6 Å². The molecule has 0 saturated carbocycles. The summed E-state index contributed by atoms with van der Waals surface area (Å²) in [5.74, 6) is 0.0619. The molecule has 1 fully saturated rings. The SMILES string of the molecule is N#Cc1ccc(NC2CCCCNC2=O)cc1. The average molecular weight is 229 g/mol. The lowest BCUT2D eigenvalue weighted by Crippen LogP contribution is -2.37. The Kier molecular flexibility index (Phi) is 3.61. The lowest BCUT2D eigenvalue weighted by atomic mass is 10.1. The number of hydrogen-bond donors (Lipinski definition) is 2. The number of nitriles is 1.